The van der Waals surface area contributed by atoms with Crippen LogP contribution in [0.15, 0.2) is 0 Å². The quantitative estimate of drug-likeness (QED) is 0.578. The lowest BCUT2D eigenvalue weighted by molar-refractivity contribution is 0.0363. The molecular weight excluding hydrogens is 234 g/mol. The van der Waals surface area contributed by atoms with Crippen molar-refractivity contribution < 1.29 is 13.6 Å². The molecule has 0 aliphatic heterocycles. The summed E-state index contributed by atoms with van der Waals surface area (Å²) in [4.78, 5) is 0. The second-order valence-electron chi connectivity index (χ2n) is 4.12. The molecule has 0 spiro atoms. The van der Waals surface area contributed by atoms with E-state index in [0.717, 1.165) is 19.4 Å². The Labute approximate surface area is 108 Å². The number of hydrogen-bond donors (Lipinski definition) is 1. The second kappa shape index (κ2) is 11.2. The molecule has 0 aliphatic carbocycles. The first-order chi connectivity index (χ1) is 8.21. The van der Waals surface area contributed by atoms with E-state index in [0.29, 0.717) is 25.3 Å². The van der Waals surface area contributed by atoms with E-state index in [9.17, 15) is 0 Å². The van der Waals surface area contributed by atoms with E-state index in [2.05, 4.69) is 13.8 Å². The molecule has 2 atom stereocenters. The molecule has 0 aliphatic rings. The summed E-state index contributed by atoms with van der Waals surface area (Å²) in [5.74, 6) is 0. The van der Waals surface area contributed by atoms with Gasteiger partial charge in [-0.05, 0) is 33.2 Å². The zero-order valence-corrected chi connectivity index (χ0v) is 12.9. The molecule has 0 saturated heterocycles. The van der Waals surface area contributed by atoms with Gasteiger partial charge in [-0.2, -0.15) is 0 Å². The van der Waals surface area contributed by atoms with Crippen LogP contribution in [-0.4, -0.2) is 41.8 Å². The fraction of sp³-hybridized carbons (Fsp3) is 1.00. The average molecular weight is 263 g/mol. The van der Waals surface area contributed by atoms with E-state index in [1.54, 1.807) is 0 Å². The number of ether oxygens (including phenoxy) is 1. The number of rotatable bonds is 11. The number of hydrogen-bond acceptors (Lipinski definition) is 4. The zero-order chi connectivity index (χ0) is 13.1. The highest BCUT2D eigenvalue weighted by atomic mass is 28.3. The molecule has 0 radical (unpaired) electrons. The minimum atomic E-state index is -1.64. The topological polar surface area (TPSA) is 53.7 Å². The lowest BCUT2D eigenvalue weighted by Crippen LogP contribution is -2.37. The molecule has 2 N–H and O–H groups in total. The summed E-state index contributed by atoms with van der Waals surface area (Å²) in [5.41, 5.74) is 5.98. The van der Waals surface area contributed by atoms with Gasteiger partial charge in [-0.3, -0.25) is 0 Å². The average Bonchev–Trinajstić information content (AvgIpc) is 2.33. The monoisotopic (exact) mass is 263 g/mol. The maximum absolute atomic E-state index is 5.86. The lowest BCUT2D eigenvalue weighted by Gasteiger charge is -2.28. The van der Waals surface area contributed by atoms with Gasteiger partial charge in [0.1, 0.15) is 0 Å². The van der Waals surface area contributed by atoms with E-state index < -0.39 is 9.28 Å². The first-order valence-electron chi connectivity index (χ1n) is 6.75. The Bertz CT molecular complexity index is 166. The number of nitrogens with two attached hydrogens (primary N) is 1. The molecule has 5 heteroatoms. The van der Waals surface area contributed by atoms with Gasteiger partial charge in [-0.1, -0.05) is 13.8 Å². The van der Waals surface area contributed by atoms with Gasteiger partial charge in [0.2, 0.25) is 0 Å². The van der Waals surface area contributed by atoms with Crippen molar-refractivity contribution in [1.29, 1.82) is 0 Å². The van der Waals surface area contributed by atoms with E-state index in [1.165, 1.54) is 0 Å². The predicted octanol–water partition coefficient (Wildman–Crippen LogP) is 1.81. The Hall–Kier alpha value is 0.0569. The summed E-state index contributed by atoms with van der Waals surface area (Å²) in [5, 5.41) is 0. The summed E-state index contributed by atoms with van der Waals surface area (Å²) in [6.07, 6.45) is 2.09. The van der Waals surface area contributed by atoms with Crippen molar-refractivity contribution >= 4 is 9.28 Å². The van der Waals surface area contributed by atoms with Gasteiger partial charge in [-0.15, -0.1) is 0 Å². The van der Waals surface area contributed by atoms with Crippen LogP contribution in [0.4, 0.5) is 0 Å². The van der Waals surface area contributed by atoms with Crippen molar-refractivity contribution in [3.05, 3.63) is 0 Å². The lowest BCUT2D eigenvalue weighted by atomic mass is 10.2. The van der Waals surface area contributed by atoms with Crippen molar-refractivity contribution in [2.45, 2.75) is 52.2 Å². The van der Waals surface area contributed by atoms with Crippen LogP contribution in [0.1, 0.15) is 40.5 Å². The van der Waals surface area contributed by atoms with Gasteiger partial charge in [0.05, 0.1) is 6.10 Å². The van der Waals surface area contributed by atoms with Crippen LogP contribution in [0, 0.1) is 0 Å². The highest BCUT2D eigenvalue weighted by Gasteiger charge is 2.29. The molecule has 0 saturated carbocycles. The molecule has 0 bridgehead atoms. The zero-order valence-electron chi connectivity index (χ0n) is 11.8. The van der Waals surface area contributed by atoms with Crippen molar-refractivity contribution in [2.75, 3.05) is 26.4 Å². The van der Waals surface area contributed by atoms with E-state index in [-0.39, 0.29) is 6.10 Å². The van der Waals surface area contributed by atoms with Crippen molar-refractivity contribution in [2.24, 2.45) is 5.73 Å². The highest BCUT2D eigenvalue weighted by molar-refractivity contribution is 6.46. The molecule has 0 fully saturated rings. The van der Waals surface area contributed by atoms with Crippen molar-refractivity contribution in [1.82, 2.24) is 0 Å². The Morgan fingerprint density at radius 3 is 2.12 bits per heavy atom. The molecule has 104 valence electrons. The third-order valence-corrected chi connectivity index (χ3v) is 5.28. The molecule has 0 amide bonds. The first-order valence-corrected chi connectivity index (χ1v) is 8.36. The van der Waals surface area contributed by atoms with Gasteiger partial charge in [0, 0.05) is 25.4 Å². The first kappa shape index (κ1) is 17.1. The summed E-state index contributed by atoms with van der Waals surface area (Å²) < 4.78 is 17.4. The molecule has 0 aromatic carbocycles. The maximum atomic E-state index is 5.86. The Balaban J connectivity index is 4.34. The third kappa shape index (κ3) is 7.16. The minimum Gasteiger partial charge on any atom is -0.397 e. The van der Waals surface area contributed by atoms with Crippen molar-refractivity contribution in [3.8, 4) is 0 Å². The summed E-state index contributed by atoms with van der Waals surface area (Å²) in [6, 6.07) is 0. The molecule has 17 heavy (non-hydrogen) atoms. The minimum absolute atomic E-state index is 0.176. The van der Waals surface area contributed by atoms with Crippen LogP contribution in [0.25, 0.3) is 0 Å². The van der Waals surface area contributed by atoms with E-state index >= 15 is 0 Å². The fourth-order valence-electron chi connectivity index (χ4n) is 1.79. The summed E-state index contributed by atoms with van der Waals surface area (Å²) in [6.45, 7) is 11.2. The van der Waals surface area contributed by atoms with Crippen LogP contribution >= 0.6 is 0 Å². The normalized spacial score (nSPS) is 15.2. The molecule has 0 aromatic rings. The highest BCUT2D eigenvalue weighted by Crippen LogP contribution is 2.22. The van der Waals surface area contributed by atoms with Crippen molar-refractivity contribution in [3.63, 3.8) is 0 Å². The summed E-state index contributed by atoms with van der Waals surface area (Å²) in [7, 11) is -1.64. The van der Waals surface area contributed by atoms with Crippen LogP contribution in [-0.2, 0) is 13.6 Å². The molecule has 0 aromatic heterocycles. The van der Waals surface area contributed by atoms with Gasteiger partial charge in [0.25, 0.3) is 0 Å². The Kier molecular flexibility index (Phi) is 11.2. The van der Waals surface area contributed by atoms with Gasteiger partial charge >= 0.3 is 9.28 Å². The standard InChI is InChI=1S/C12H29NO3Si/c1-5-10-14-12(8-9-13)11(4)17(15-6-2)16-7-3/h11-12,17H,5-10,13H2,1-4H3. The van der Waals surface area contributed by atoms with E-state index in [4.69, 9.17) is 19.3 Å². The Morgan fingerprint density at radius 2 is 1.71 bits per heavy atom. The van der Waals surface area contributed by atoms with E-state index in [1.807, 2.05) is 13.8 Å². The molecular formula is C12H29NO3Si. The third-order valence-electron chi connectivity index (χ3n) is 2.66. The maximum Gasteiger partial charge on any atom is 0.326 e. The second-order valence-corrected chi connectivity index (χ2v) is 6.58. The fourth-order valence-corrected chi connectivity index (χ4v) is 3.80. The molecule has 2 unspecified atom stereocenters. The molecule has 0 rings (SSSR count). The largest absolute Gasteiger partial charge is 0.397 e. The van der Waals surface area contributed by atoms with Gasteiger partial charge in [0.15, 0.2) is 0 Å². The molecule has 4 nitrogen and oxygen atoms in total. The van der Waals surface area contributed by atoms with Gasteiger partial charge in [-0.25, -0.2) is 0 Å². The molecule has 0 heterocycles. The SMILES string of the molecule is CCCOC(CCN)C(C)[SiH](OCC)OCC. The predicted molar refractivity (Wildman–Crippen MR) is 73.5 cm³/mol. The van der Waals surface area contributed by atoms with Crippen LogP contribution in [0.2, 0.25) is 5.54 Å². The van der Waals surface area contributed by atoms with Gasteiger partial charge < -0.3 is 19.3 Å². The smallest absolute Gasteiger partial charge is 0.326 e. The Morgan fingerprint density at radius 1 is 1.12 bits per heavy atom. The van der Waals surface area contributed by atoms with Crippen LogP contribution in [0.5, 0.6) is 0 Å². The van der Waals surface area contributed by atoms with Crippen LogP contribution in [0.3, 0.4) is 0 Å². The summed E-state index contributed by atoms with van der Waals surface area (Å²) >= 11 is 0. The van der Waals surface area contributed by atoms with Crippen LogP contribution < -0.4 is 5.73 Å².